The maximum Gasteiger partial charge on any atom is 0.323 e. The van der Waals surface area contributed by atoms with Gasteiger partial charge in [0.2, 0.25) is 0 Å². The summed E-state index contributed by atoms with van der Waals surface area (Å²) in [4.78, 5) is 11.9. The fraction of sp³-hybridized carbons (Fsp3) is 0.316. The molecule has 2 atom stereocenters. The summed E-state index contributed by atoms with van der Waals surface area (Å²) in [5.41, 5.74) is 8.72. The van der Waals surface area contributed by atoms with Crippen LogP contribution in [0.4, 0.5) is 0 Å². The molecule has 0 spiro atoms. The van der Waals surface area contributed by atoms with Gasteiger partial charge >= 0.3 is 5.97 Å². The molecule has 4 heteroatoms. The third-order valence-electron chi connectivity index (χ3n) is 3.73. The zero-order valence-electron chi connectivity index (χ0n) is 13.3. The van der Waals surface area contributed by atoms with Crippen LogP contribution in [0.2, 0.25) is 0 Å². The maximum absolute atomic E-state index is 11.9. The van der Waals surface area contributed by atoms with E-state index in [0.717, 1.165) is 23.1 Å². The topological polar surface area (TPSA) is 72.5 Å². The maximum atomic E-state index is 11.9. The van der Waals surface area contributed by atoms with Crippen molar-refractivity contribution in [1.82, 2.24) is 0 Å². The van der Waals surface area contributed by atoms with Gasteiger partial charge in [0.15, 0.2) is 0 Å². The van der Waals surface area contributed by atoms with Crippen LogP contribution >= 0.6 is 0 Å². The van der Waals surface area contributed by atoms with Crippen LogP contribution in [0.1, 0.15) is 29.7 Å². The Kier molecular flexibility index (Phi) is 6.32. The highest BCUT2D eigenvalue weighted by molar-refractivity contribution is 5.75. The first-order chi connectivity index (χ1) is 11.1. The van der Waals surface area contributed by atoms with E-state index in [1.807, 2.05) is 61.5 Å². The van der Waals surface area contributed by atoms with Crippen LogP contribution in [-0.2, 0) is 22.4 Å². The highest BCUT2D eigenvalue weighted by Gasteiger charge is 2.18. The Balaban J connectivity index is 1.85. The summed E-state index contributed by atoms with van der Waals surface area (Å²) < 4.78 is 5.15. The zero-order chi connectivity index (χ0) is 16.7. The lowest BCUT2D eigenvalue weighted by molar-refractivity contribution is -0.148. The molecule has 122 valence electrons. The molecule has 0 amide bonds. The van der Waals surface area contributed by atoms with Crippen LogP contribution in [0.15, 0.2) is 54.6 Å². The summed E-state index contributed by atoms with van der Waals surface area (Å²) in [6, 6.07) is 16.4. The summed E-state index contributed by atoms with van der Waals surface area (Å²) in [7, 11) is 0. The van der Waals surface area contributed by atoms with Gasteiger partial charge in [-0.15, -0.1) is 0 Å². The highest BCUT2D eigenvalue weighted by atomic mass is 16.5. The molecule has 0 heterocycles. The van der Waals surface area contributed by atoms with Crippen LogP contribution < -0.4 is 5.73 Å². The standard InChI is InChI=1S/C19H23NO3/c1-2-14-9-6-10-16(11-14)18(21)13-23-19(22)17(20)12-15-7-4-3-5-8-15/h3-11,17-18,21H,2,12-13,20H2,1H3. The second-order valence-corrected chi connectivity index (χ2v) is 5.54. The first-order valence-electron chi connectivity index (χ1n) is 7.83. The molecule has 0 bridgehead atoms. The van der Waals surface area contributed by atoms with E-state index in [-0.39, 0.29) is 6.61 Å². The molecule has 2 rings (SSSR count). The molecular weight excluding hydrogens is 290 g/mol. The summed E-state index contributed by atoms with van der Waals surface area (Å²) in [5.74, 6) is -0.500. The number of hydrogen-bond donors (Lipinski definition) is 2. The van der Waals surface area contributed by atoms with Crippen molar-refractivity contribution < 1.29 is 14.6 Å². The Hall–Kier alpha value is -2.17. The van der Waals surface area contributed by atoms with Gasteiger partial charge in [-0.2, -0.15) is 0 Å². The van der Waals surface area contributed by atoms with Crippen LogP contribution in [0.3, 0.4) is 0 Å². The van der Waals surface area contributed by atoms with Crippen LogP contribution in [-0.4, -0.2) is 23.7 Å². The van der Waals surface area contributed by atoms with E-state index in [1.54, 1.807) is 0 Å². The molecule has 0 aliphatic rings. The van der Waals surface area contributed by atoms with Crippen LogP contribution in [0.5, 0.6) is 0 Å². The molecule has 0 aliphatic carbocycles. The van der Waals surface area contributed by atoms with E-state index in [4.69, 9.17) is 10.5 Å². The van der Waals surface area contributed by atoms with Crippen LogP contribution in [0.25, 0.3) is 0 Å². The smallest absolute Gasteiger partial charge is 0.323 e. The van der Waals surface area contributed by atoms with E-state index in [1.165, 1.54) is 0 Å². The van der Waals surface area contributed by atoms with Gasteiger partial charge < -0.3 is 15.6 Å². The number of benzene rings is 2. The molecule has 0 aliphatic heterocycles. The average Bonchev–Trinajstić information content (AvgIpc) is 2.60. The first kappa shape index (κ1) is 17.2. The molecule has 0 aromatic heterocycles. The monoisotopic (exact) mass is 313 g/mol. The molecule has 2 aromatic carbocycles. The van der Waals surface area contributed by atoms with Gasteiger partial charge in [-0.05, 0) is 29.5 Å². The van der Waals surface area contributed by atoms with Crippen molar-refractivity contribution in [3.8, 4) is 0 Å². The fourth-order valence-corrected chi connectivity index (χ4v) is 2.34. The molecule has 4 nitrogen and oxygen atoms in total. The van der Waals surface area contributed by atoms with E-state index in [0.29, 0.717) is 6.42 Å². The summed E-state index contributed by atoms with van der Waals surface area (Å²) in [5, 5.41) is 10.1. The number of rotatable bonds is 7. The number of carbonyl (C=O) groups excluding carboxylic acids is 1. The Morgan fingerprint density at radius 3 is 2.52 bits per heavy atom. The van der Waals surface area contributed by atoms with Crippen molar-refractivity contribution in [3.05, 3.63) is 71.3 Å². The highest BCUT2D eigenvalue weighted by Crippen LogP contribution is 2.15. The zero-order valence-corrected chi connectivity index (χ0v) is 13.3. The third kappa shape index (κ3) is 5.20. The lowest BCUT2D eigenvalue weighted by Gasteiger charge is -2.15. The largest absolute Gasteiger partial charge is 0.461 e. The lowest BCUT2D eigenvalue weighted by atomic mass is 10.0. The third-order valence-corrected chi connectivity index (χ3v) is 3.73. The molecular formula is C19H23NO3. The molecule has 2 unspecified atom stereocenters. The van der Waals surface area contributed by atoms with Gasteiger partial charge in [0.1, 0.15) is 18.8 Å². The van der Waals surface area contributed by atoms with Gasteiger partial charge in [-0.25, -0.2) is 0 Å². The quantitative estimate of drug-likeness (QED) is 0.770. The minimum Gasteiger partial charge on any atom is -0.461 e. The number of hydrogen-bond acceptors (Lipinski definition) is 4. The van der Waals surface area contributed by atoms with Gasteiger partial charge in [0.25, 0.3) is 0 Å². The molecule has 0 fully saturated rings. The number of carbonyl (C=O) groups is 1. The second kappa shape index (κ2) is 8.46. The van der Waals surface area contributed by atoms with Crippen molar-refractivity contribution in [1.29, 1.82) is 0 Å². The first-order valence-corrected chi connectivity index (χ1v) is 7.83. The van der Waals surface area contributed by atoms with Gasteiger partial charge in [0, 0.05) is 0 Å². The SMILES string of the molecule is CCc1cccc(C(O)COC(=O)C(N)Cc2ccccc2)c1. The number of aryl methyl sites for hydroxylation is 1. The summed E-state index contributed by atoms with van der Waals surface area (Å²) >= 11 is 0. The molecule has 23 heavy (non-hydrogen) atoms. The van der Waals surface area contributed by atoms with Gasteiger partial charge in [0.05, 0.1) is 0 Å². The number of aliphatic hydroxyl groups is 1. The predicted molar refractivity (Wildman–Crippen MR) is 89.9 cm³/mol. The minimum absolute atomic E-state index is 0.0888. The molecule has 0 saturated heterocycles. The van der Waals surface area contributed by atoms with Crippen molar-refractivity contribution in [2.24, 2.45) is 5.73 Å². The van der Waals surface area contributed by atoms with E-state index < -0.39 is 18.1 Å². The second-order valence-electron chi connectivity index (χ2n) is 5.54. The lowest BCUT2D eigenvalue weighted by Crippen LogP contribution is -2.35. The van der Waals surface area contributed by atoms with Crippen molar-refractivity contribution in [2.45, 2.75) is 31.9 Å². The average molecular weight is 313 g/mol. The van der Waals surface area contributed by atoms with Gasteiger partial charge in [-0.1, -0.05) is 61.5 Å². The van der Waals surface area contributed by atoms with Gasteiger partial charge in [-0.3, -0.25) is 4.79 Å². The summed E-state index contributed by atoms with van der Waals surface area (Å²) in [6.45, 7) is 1.96. The Morgan fingerprint density at radius 2 is 1.83 bits per heavy atom. The Labute approximate surface area is 136 Å². The molecule has 3 N–H and O–H groups in total. The van der Waals surface area contributed by atoms with E-state index in [9.17, 15) is 9.90 Å². The Morgan fingerprint density at radius 1 is 1.13 bits per heavy atom. The number of ether oxygens (including phenoxy) is 1. The fourth-order valence-electron chi connectivity index (χ4n) is 2.34. The Bertz CT molecular complexity index is 628. The van der Waals surface area contributed by atoms with Crippen molar-refractivity contribution >= 4 is 5.97 Å². The van der Waals surface area contributed by atoms with E-state index in [2.05, 4.69) is 0 Å². The molecule has 0 radical (unpaired) electrons. The minimum atomic E-state index is -0.839. The normalized spacial score (nSPS) is 13.3. The van der Waals surface area contributed by atoms with Crippen LogP contribution in [0, 0.1) is 0 Å². The molecule has 0 saturated carbocycles. The number of nitrogens with two attached hydrogens (primary N) is 1. The summed E-state index contributed by atoms with van der Waals surface area (Å²) in [6.07, 6.45) is 0.470. The number of aliphatic hydroxyl groups excluding tert-OH is 1. The van der Waals surface area contributed by atoms with Crippen molar-refractivity contribution in [2.75, 3.05) is 6.61 Å². The van der Waals surface area contributed by atoms with E-state index >= 15 is 0 Å². The predicted octanol–water partition coefficient (Wildman–Crippen LogP) is 2.40. The molecule has 2 aromatic rings. The number of esters is 1. The van der Waals surface area contributed by atoms with Crippen molar-refractivity contribution in [3.63, 3.8) is 0 Å².